The minimum atomic E-state index is 0.107. The lowest BCUT2D eigenvalue weighted by Crippen LogP contribution is -2.17. The van der Waals surface area contributed by atoms with Crippen molar-refractivity contribution in [2.45, 2.75) is 26.8 Å². The van der Waals surface area contributed by atoms with Gasteiger partial charge in [-0.25, -0.2) is 0 Å². The highest BCUT2D eigenvalue weighted by atomic mass is 16.5. The normalized spacial score (nSPS) is 11.1. The first-order chi connectivity index (χ1) is 8.16. The average molecular weight is 240 g/mol. The highest BCUT2D eigenvalue weighted by Gasteiger charge is 2.04. The molecular formula is C13H24N2O2. The molecule has 0 saturated heterocycles. The predicted octanol–water partition coefficient (Wildman–Crippen LogP) is 1.13. The lowest BCUT2D eigenvalue weighted by molar-refractivity contribution is 0.0907. The van der Waals surface area contributed by atoms with Crippen LogP contribution in [0.3, 0.4) is 0 Å². The molecule has 1 rings (SSSR count). The van der Waals surface area contributed by atoms with E-state index < -0.39 is 0 Å². The van der Waals surface area contributed by atoms with Crippen LogP contribution in [0.15, 0.2) is 6.07 Å². The molecule has 0 aromatic carbocycles. The lowest BCUT2D eigenvalue weighted by atomic mass is 10.2. The van der Waals surface area contributed by atoms with Crippen molar-refractivity contribution in [1.82, 2.24) is 9.88 Å². The van der Waals surface area contributed by atoms with E-state index in [1.807, 2.05) is 0 Å². The summed E-state index contributed by atoms with van der Waals surface area (Å²) in [5.41, 5.74) is 3.98. The number of nitrogens with zero attached hydrogens (tertiary/aromatic N) is 1. The van der Waals surface area contributed by atoms with Crippen molar-refractivity contribution in [2.24, 2.45) is 7.05 Å². The van der Waals surface area contributed by atoms with E-state index in [2.05, 4.69) is 36.8 Å². The fourth-order valence-corrected chi connectivity index (χ4v) is 1.80. The lowest BCUT2D eigenvalue weighted by Gasteiger charge is -2.06. The molecule has 0 atom stereocenters. The zero-order chi connectivity index (χ0) is 12.7. The second-order valence-corrected chi connectivity index (χ2v) is 4.32. The van der Waals surface area contributed by atoms with Crippen LogP contribution in [0.2, 0.25) is 0 Å². The van der Waals surface area contributed by atoms with E-state index in [0.29, 0.717) is 13.2 Å². The minimum absolute atomic E-state index is 0.107. The van der Waals surface area contributed by atoms with E-state index in [4.69, 9.17) is 9.84 Å². The van der Waals surface area contributed by atoms with Crippen molar-refractivity contribution in [3.8, 4) is 0 Å². The Morgan fingerprint density at radius 1 is 1.35 bits per heavy atom. The third-order valence-electron chi connectivity index (χ3n) is 3.07. The molecular weight excluding hydrogens is 216 g/mol. The topological polar surface area (TPSA) is 46.4 Å². The summed E-state index contributed by atoms with van der Waals surface area (Å²) in [5, 5.41) is 11.9. The van der Waals surface area contributed by atoms with E-state index in [1.165, 1.54) is 17.0 Å². The number of rotatable bonds is 8. The Morgan fingerprint density at radius 3 is 2.71 bits per heavy atom. The molecule has 0 bridgehead atoms. The molecule has 0 unspecified atom stereocenters. The highest BCUT2D eigenvalue weighted by molar-refractivity contribution is 5.26. The molecule has 0 aliphatic rings. The van der Waals surface area contributed by atoms with Gasteiger partial charge in [0.1, 0.15) is 0 Å². The van der Waals surface area contributed by atoms with E-state index in [-0.39, 0.29) is 6.61 Å². The molecule has 4 heteroatoms. The van der Waals surface area contributed by atoms with Gasteiger partial charge in [0.2, 0.25) is 0 Å². The van der Waals surface area contributed by atoms with Crippen LogP contribution in [-0.4, -0.2) is 36.0 Å². The molecule has 1 aromatic heterocycles. The van der Waals surface area contributed by atoms with Crippen LogP contribution in [0.25, 0.3) is 0 Å². The smallest absolute Gasteiger partial charge is 0.0697 e. The summed E-state index contributed by atoms with van der Waals surface area (Å²) in [4.78, 5) is 0. The van der Waals surface area contributed by atoms with Crippen molar-refractivity contribution in [3.63, 3.8) is 0 Å². The number of aromatic nitrogens is 1. The van der Waals surface area contributed by atoms with Gasteiger partial charge in [-0.1, -0.05) is 0 Å². The van der Waals surface area contributed by atoms with E-state index >= 15 is 0 Å². The Hall–Kier alpha value is -0.840. The molecule has 0 saturated carbocycles. The Kier molecular flexibility index (Phi) is 6.26. The Labute approximate surface area is 104 Å². The van der Waals surface area contributed by atoms with Crippen LogP contribution in [0, 0.1) is 13.8 Å². The van der Waals surface area contributed by atoms with Crippen LogP contribution in [0.5, 0.6) is 0 Å². The second-order valence-electron chi connectivity index (χ2n) is 4.32. The maximum absolute atomic E-state index is 8.53. The summed E-state index contributed by atoms with van der Waals surface area (Å²) in [6, 6.07) is 2.23. The molecule has 17 heavy (non-hydrogen) atoms. The Balaban J connectivity index is 2.16. The van der Waals surface area contributed by atoms with Crippen LogP contribution >= 0.6 is 0 Å². The van der Waals surface area contributed by atoms with Gasteiger partial charge < -0.3 is 19.7 Å². The fraction of sp³-hybridized carbons (Fsp3) is 0.692. The highest BCUT2D eigenvalue weighted by Crippen LogP contribution is 2.12. The van der Waals surface area contributed by atoms with Gasteiger partial charge in [-0.3, -0.25) is 0 Å². The van der Waals surface area contributed by atoms with Crippen molar-refractivity contribution in [1.29, 1.82) is 0 Å². The van der Waals surface area contributed by atoms with Gasteiger partial charge in [0.25, 0.3) is 0 Å². The summed E-state index contributed by atoms with van der Waals surface area (Å²) in [5.74, 6) is 0. The summed E-state index contributed by atoms with van der Waals surface area (Å²) >= 11 is 0. The van der Waals surface area contributed by atoms with E-state index in [0.717, 1.165) is 19.5 Å². The quantitative estimate of drug-likeness (QED) is 0.670. The molecule has 0 radical (unpaired) electrons. The molecule has 0 fully saturated rings. The van der Waals surface area contributed by atoms with Gasteiger partial charge in [0, 0.05) is 31.6 Å². The monoisotopic (exact) mass is 240 g/mol. The molecule has 0 aliphatic carbocycles. The molecule has 0 spiro atoms. The van der Waals surface area contributed by atoms with Crippen molar-refractivity contribution in [3.05, 3.63) is 23.0 Å². The average Bonchev–Trinajstić information content (AvgIpc) is 2.56. The maximum Gasteiger partial charge on any atom is 0.0697 e. The van der Waals surface area contributed by atoms with Crippen LogP contribution in [-0.2, 0) is 18.3 Å². The molecule has 98 valence electrons. The SMILES string of the molecule is Cc1cc(CNCCCOCCO)c(C)n1C. The first-order valence-corrected chi connectivity index (χ1v) is 6.18. The minimum Gasteiger partial charge on any atom is -0.394 e. The fourth-order valence-electron chi connectivity index (χ4n) is 1.80. The number of hydrogen-bond acceptors (Lipinski definition) is 3. The molecule has 0 amide bonds. The largest absolute Gasteiger partial charge is 0.394 e. The van der Waals surface area contributed by atoms with Crippen molar-refractivity contribution >= 4 is 0 Å². The maximum atomic E-state index is 8.53. The Morgan fingerprint density at radius 2 is 2.12 bits per heavy atom. The van der Waals surface area contributed by atoms with Crippen LogP contribution in [0.4, 0.5) is 0 Å². The van der Waals surface area contributed by atoms with Gasteiger partial charge in [0.15, 0.2) is 0 Å². The van der Waals surface area contributed by atoms with Crippen molar-refractivity contribution in [2.75, 3.05) is 26.4 Å². The third-order valence-corrected chi connectivity index (χ3v) is 3.07. The zero-order valence-corrected chi connectivity index (χ0v) is 11.1. The number of aryl methyl sites for hydroxylation is 1. The third kappa shape index (κ3) is 4.50. The first kappa shape index (κ1) is 14.2. The van der Waals surface area contributed by atoms with Crippen molar-refractivity contribution < 1.29 is 9.84 Å². The Bertz CT molecular complexity index is 334. The van der Waals surface area contributed by atoms with Gasteiger partial charge >= 0.3 is 0 Å². The predicted molar refractivity (Wildman–Crippen MR) is 69.1 cm³/mol. The standard InChI is InChI=1S/C13H24N2O2/c1-11-9-13(12(2)15(11)3)10-14-5-4-7-17-8-6-16/h9,14,16H,4-8,10H2,1-3H3. The summed E-state index contributed by atoms with van der Waals surface area (Å²) in [6.07, 6.45) is 0.977. The second kappa shape index (κ2) is 7.48. The molecule has 4 nitrogen and oxygen atoms in total. The van der Waals surface area contributed by atoms with Gasteiger partial charge in [-0.15, -0.1) is 0 Å². The van der Waals surface area contributed by atoms with Crippen LogP contribution in [0.1, 0.15) is 23.4 Å². The number of ether oxygens (including phenoxy) is 1. The number of aliphatic hydroxyl groups is 1. The number of nitrogens with one attached hydrogen (secondary N) is 1. The molecule has 1 aromatic rings. The summed E-state index contributed by atoms with van der Waals surface area (Å²) < 4.78 is 7.40. The first-order valence-electron chi connectivity index (χ1n) is 6.18. The summed E-state index contributed by atoms with van der Waals surface area (Å²) in [7, 11) is 2.09. The molecule has 2 N–H and O–H groups in total. The number of aliphatic hydroxyl groups excluding tert-OH is 1. The number of hydrogen-bond donors (Lipinski definition) is 2. The molecule has 0 aliphatic heterocycles. The van der Waals surface area contributed by atoms with Crippen LogP contribution < -0.4 is 5.32 Å². The molecule has 1 heterocycles. The van der Waals surface area contributed by atoms with Gasteiger partial charge in [0.05, 0.1) is 13.2 Å². The van der Waals surface area contributed by atoms with Gasteiger partial charge in [-0.2, -0.15) is 0 Å². The van der Waals surface area contributed by atoms with E-state index in [9.17, 15) is 0 Å². The summed E-state index contributed by atoms with van der Waals surface area (Å²) in [6.45, 7) is 7.38. The zero-order valence-electron chi connectivity index (χ0n) is 11.1. The van der Waals surface area contributed by atoms with Gasteiger partial charge in [-0.05, 0) is 38.4 Å². The van der Waals surface area contributed by atoms with E-state index in [1.54, 1.807) is 0 Å².